The van der Waals surface area contributed by atoms with Gasteiger partial charge in [0.15, 0.2) is 5.11 Å². The fraction of sp³-hybridized carbons (Fsp3) is 0.929. The second-order valence-corrected chi connectivity index (χ2v) is 5.27. The lowest BCUT2D eigenvalue weighted by Gasteiger charge is -2.16. The normalized spacial score (nSPS) is 12.2. The number of rotatable bonds is 10. The molecule has 0 amide bonds. The van der Waals surface area contributed by atoms with Gasteiger partial charge in [-0.2, -0.15) is 0 Å². The van der Waals surface area contributed by atoms with Crippen molar-refractivity contribution in [3.8, 4) is 0 Å². The molecule has 0 rings (SSSR count). The molecule has 0 saturated carbocycles. The number of nitrogens with one attached hydrogen (secondary N) is 2. The Balaban J connectivity index is 3.33. The summed E-state index contributed by atoms with van der Waals surface area (Å²) >= 11 is 5.26. The van der Waals surface area contributed by atoms with Gasteiger partial charge in [0.05, 0.1) is 0 Å². The lowest BCUT2D eigenvalue weighted by Crippen LogP contribution is -2.40. The van der Waals surface area contributed by atoms with Crippen LogP contribution in [0.1, 0.15) is 72.1 Å². The van der Waals surface area contributed by atoms with Crippen LogP contribution >= 0.6 is 12.2 Å². The van der Waals surface area contributed by atoms with Crippen LogP contribution in [0.3, 0.4) is 0 Å². The van der Waals surface area contributed by atoms with Gasteiger partial charge in [-0.3, -0.25) is 0 Å². The van der Waals surface area contributed by atoms with Gasteiger partial charge < -0.3 is 10.6 Å². The smallest absolute Gasteiger partial charge is 0.166 e. The van der Waals surface area contributed by atoms with Crippen molar-refractivity contribution in [1.82, 2.24) is 10.6 Å². The molecule has 1 unspecified atom stereocenters. The van der Waals surface area contributed by atoms with E-state index >= 15 is 0 Å². The molecule has 102 valence electrons. The molecule has 0 fully saturated rings. The highest BCUT2D eigenvalue weighted by Crippen LogP contribution is 2.01. The third kappa shape index (κ3) is 11.9. The van der Waals surface area contributed by atoms with Crippen molar-refractivity contribution in [2.75, 3.05) is 6.54 Å². The Bertz CT molecular complexity index is 183. The van der Waals surface area contributed by atoms with E-state index in [1.165, 1.54) is 51.4 Å². The van der Waals surface area contributed by atoms with Crippen LogP contribution < -0.4 is 10.6 Å². The van der Waals surface area contributed by atoms with E-state index in [1.807, 2.05) is 0 Å². The van der Waals surface area contributed by atoms with E-state index in [2.05, 4.69) is 31.4 Å². The summed E-state index contributed by atoms with van der Waals surface area (Å²) in [6.45, 7) is 7.68. The van der Waals surface area contributed by atoms with Crippen molar-refractivity contribution in [3.63, 3.8) is 0 Å². The Morgan fingerprint density at radius 3 is 2.29 bits per heavy atom. The molecule has 0 aromatic heterocycles. The summed E-state index contributed by atoms with van der Waals surface area (Å²) in [4.78, 5) is 0. The van der Waals surface area contributed by atoms with Crippen LogP contribution in [0.5, 0.6) is 0 Å². The molecular formula is C14H30N2S. The fourth-order valence-electron chi connectivity index (χ4n) is 1.79. The summed E-state index contributed by atoms with van der Waals surface area (Å²) in [6.07, 6.45) is 10.3. The Hall–Kier alpha value is -0.310. The maximum absolute atomic E-state index is 5.26. The zero-order valence-corrected chi connectivity index (χ0v) is 12.7. The number of unbranched alkanes of at least 4 members (excludes halogenated alkanes) is 5. The standard InChI is InChI=1S/C14H30N2S/c1-4-6-8-9-10-12-15-14(17)16-13(3)11-7-5-2/h13H,4-12H2,1-3H3,(H2,15,16,17). The first kappa shape index (κ1) is 16.7. The van der Waals surface area contributed by atoms with E-state index in [1.54, 1.807) is 0 Å². The molecule has 0 aliphatic rings. The molecule has 0 heterocycles. The van der Waals surface area contributed by atoms with Crippen LogP contribution in [0.15, 0.2) is 0 Å². The third-order valence-corrected chi connectivity index (χ3v) is 3.20. The summed E-state index contributed by atoms with van der Waals surface area (Å²) in [7, 11) is 0. The van der Waals surface area contributed by atoms with E-state index in [-0.39, 0.29) is 0 Å². The van der Waals surface area contributed by atoms with Crippen LogP contribution in [-0.4, -0.2) is 17.7 Å². The molecule has 0 aromatic rings. The summed E-state index contributed by atoms with van der Waals surface area (Å²) < 4.78 is 0. The number of thiocarbonyl (C=S) groups is 1. The molecule has 3 heteroatoms. The van der Waals surface area contributed by atoms with Crippen LogP contribution in [0.4, 0.5) is 0 Å². The Morgan fingerprint density at radius 1 is 1.00 bits per heavy atom. The van der Waals surface area contributed by atoms with Crippen molar-refractivity contribution >= 4 is 17.3 Å². The second-order valence-electron chi connectivity index (χ2n) is 4.86. The average Bonchev–Trinajstić information content (AvgIpc) is 2.31. The van der Waals surface area contributed by atoms with Gasteiger partial charge in [0.2, 0.25) is 0 Å². The topological polar surface area (TPSA) is 24.1 Å². The molecule has 0 bridgehead atoms. The molecule has 0 saturated heterocycles. The molecule has 0 aliphatic heterocycles. The molecular weight excluding hydrogens is 228 g/mol. The highest BCUT2D eigenvalue weighted by Gasteiger charge is 2.02. The zero-order valence-electron chi connectivity index (χ0n) is 11.8. The molecule has 0 aliphatic carbocycles. The zero-order chi connectivity index (χ0) is 12.9. The molecule has 0 radical (unpaired) electrons. The van der Waals surface area contributed by atoms with E-state index in [0.29, 0.717) is 6.04 Å². The average molecular weight is 258 g/mol. The third-order valence-electron chi connectivity index (χ3n) is 2.93. The van der Waals surface area contributed by atoms with Gasteiger partial charge in [-0.25, -0.2) is 0 Å². The second kappa shape index (κ2) is 12.2. The van der Waals surface area contributed by atoms with Gasteiger partial charge in [0.1, 0.15) is 0 Å². The minimum Gasteiger partial charge on any atom is -0.363 e. The Labute approximate surface area is 113 Å². The minimum absolute atomic E-state index is 0.495. The first-order valence-electron chi connectivity index (χ1n) is 7.25. The summed E-state index contributed by atoms with van der Waals surface area (Å²) in [5, 5.41) is 7.45. The first-order valence-corrected chi connectivity index (χ1v) is 7.65. The minimum atomic E-state index is 0.495. The molecule has 2 N–H and O–H groups in total. The van der Waals surface area contributed by atoms with E-state index < -0.39 is 0 Å². The maximum Gasteiger partial charge on any atom is 0.166 e. The highest BCUT2D eigenvalue weighted by atomic mass is 32.1. The van der Waals surface area contributed by atoms with Gasteiger partial charge in [0.25, 0.3) is 0 Å². The van der Waals surface area contributed by atoms with Crippen molar-refractivity contribution in [1.29, 1.82) is 0 Å². The number of hydrogen-bond donors (Lipinski definition) is 2. The summed E-state index contributed by atoms with van der Waals surface area (Å²) in [6, 6.07) is 0.495. The van der Waals surface area contributed by atoms with Crippen molar-refractivity contribution < 1.29 is 0 Å². The molecule has 0 aromatic carbocycles. The van der Waals surface area contributed by atoms with E-state index in [4.69, 9.17) is 12.2 Å². The summed E-state index contributed by atoms with van der Waals surface area (Å²) in [5.74, 6) is 0. The van der Waals surface area contributed by atoms with Gasteiger partial charge in [0, 0.05) is 12.6 Å². The van der Waals surface area contributed by atoms with Gasteiger partial charge in [-0.15, -0.1) is 0 Å². The fourth-order valence-corrected chi connectivity index (χ4v) is 2.09. The van der Waals surface area contributed by atoms with Crippen LogP contribution in [-0.2, 0) is 0 Å². The molecule has 17 heavy (non-hydrogen) atoms. The largest absolute Gasteiger partial charge is 0.363 e. The monoisotopic (exact) mass is 258 g/mol. The lowest BCUT2D eigenvalue weighted by atomic mass is 10.1. The van der Waals surface area contributed by atoms with Crippen LogP contribution in [0.2, 0.25) is 0 Å². The van der Waals surface area contributed by atoms with Crippen molar-refractivity contribution in [2.24, 2.45) is 0 Å². The predicted molar refractivity (Wildman–Crippen MR) is 81.5 cm³/mol. The van der Waals surface area contributed by atoms with Gasteiger partial charge in [-0.05, 0) is 32.0 Å². The van der Waals surface area contributed by atoms with Crippen LogP contribution in [0, 0.1) is 0 Å². The Kier molecular flexibility index (Phi) is 11.9. The maximum atomic E-state index is 5.26. The first-order chi connectivity index (χ1) is 8.20. The highest BCUT2D eigenvalue weighted by molar-refractivity contribution is 7.80. The predicted octanol–water partition coefficient (Wildman–Crippen LogP) is 4.00. The molecule has 1 atom stereocenters. The Morgan fingerprint density at radius 2 is 1.65 bits per heavy atom. The van der Waals surface area contributed by atoms with Crippen LogP contribution in [0.25, 0.3) is 0 Å². The SMILES string of the molecule is CCCCCCCNC(=S)NC(C)CCCC. The molecule has 2 nitrogen and oxygen atoms in total. The quantitative estimate of drug-likeness (QED) is 0.457. The van der Waals surface area contributed by atoms with Crippen molar-refractivity contribution in [2.45, 2.75) is 78.2 Å². The molecule has 0 spiro atoms. The number of hydrogen-bond acceptors (Lipinski definition) is 1. The van der Waals surface area contributed by atoms with Gasteiger partial charge >= 0.3 is 0 Å². The van der Waals surface area contributed by atoms with E-state index in [9.17, 15) is 0 Å². The lowest BCUT2D eigenvalue weighted by molar-refractivity contribution is 0.562. The van der Waals surface area contributed by atoms with E-state index in [0.717, 1.165) is 11.7 Å². The summed E-state index contributed by atoms with van der Waals surface area (Å²) in [5.41, 5.74) is 0. The van der Waals surface area contributed by atoms with Crippen molar-refractivity contribution in [3.05, 3.63) is 0 Å². The van der Waals surface area contributed by atoms with Gasteiger partial charge in [-0.1, -0.05) is 52.4 Å².